The van der Waals surface area contributed by atoms with Crippen LogP contribution in [0.1, 0.15) is 12.8 Å². The zero-order chi connectivity index (χ0) is 7.98. The molecule has 0 saturated heterocycles. The first kappa shape index (κ1) is 9.39. The third-order valence-corrected chi connectivity index (χ3v) is 1.38. The number of hydrogen-bond donors (Lipinski definition) is 3. The van der Waals surface area contributed by atoms with Crippen LogP contribution in [-0.4, -0.2) is 24.2 Å². The Labute approximate surface area is 60.2 Å². The van der Waals surface area contributed by atoms with E-state index in [2.05, 4.69) is 0 Å². The summed E-state index contributed by atoms with van der Waals surface area (Å²) in [7, 11) is 0. The monoisotopic (exact) mass is 146 g/mol. The number of carboxylic acids is 1. The largest absolute Gasteiger partial charge is 0.481 e. The van der Waals surface area contributed by atoms with Crippen molar-refractivity contribution in [1.82, 2.24) is 0 Å². The molecule has 10 heavy (non-hydrogen) atoms. The van der Waals surface area contributed by atoms with Crippen LogP contribution in [0.15, 0.2) is 0 Å². The Morgan fingerprint density at radius 3 is 1.90 bits per heavy atom. The quantitative estimate of drug-likeness (QED) is 0.482. The minimum Gasteiger partial charge on any atom is -0.481 e. The van der Waals surface area contributed by atoms with E-state index < -0.39 is 5.97 Å². The highest BCUT2D eigenvalue weighted by Crippen LogP contribution is 2.05. The van der Waals surface area contributed by atoms with Crippen molar-refractivity contribution in [3.8, 4) is 0 Å². The standard InChI is InChI=1S/C6H14N2O2/c7-3-1-5(2-4-8)6(9)10/h5H,1-4,7-8H2,(H,9,10). The Morgan fingerprint density at radius 1 is 1.30 bits per heavy atom. The van der Waals surface area contributed by atoms with Crippen LogP contribution in [0.3, 0.4) is 0 Å². The maximum absolute atomic E-state index is 10.4. The van der Waals surface area contributed by atoms with Gasteiger partial charge in [0.2, 0.25) is 0 Å². The second kappa shape index (κ2) is 5.20. The van der Waals surface area contributed by atoms with Crippen LogP contribution in [0.5, 0.6) is 0 Å². The fraction of sp³-hybridized carbons (Fsp3) is 0.833. The fourth-order valence-electron chi connectivity index (χ4n) is 0.794. The molecule has 0 aliphatic rings. The average Bonchev–Trinajstić information content (AvgIpc) is 1.87. The number of hydrogen-bond acceptors (Lipinski definition) is 3. The first-order valence-corrected chi connectivity index (χ1v) is 3.35. The summed E-state index contributed by atoms with van der Waals surface area (Å²) in [6.07, 6.45) is 1.04. The van der Waals surface area contributed by atoms with E-state index in [0.717, 1.165) is 0 Å². The van der Waals surface area contributed by atoms with Gasteiger partial charge < -0.3 is 16.6 Å². The molecule has 0 fully saturated rings. The third-order valence-electron chi connectivity index (χ3n) is 1.38. The summed E-state index contributed by atoms with van der Waals surface area (Å²) >= 11 is 0. The van der Waals surface area contributed by atoms with Crippen LogP contribution in [0.2, 0.25) is 0 Å². The molecule has 0 aliphatic carbocycles. The van der Waals surface area contributed by atoms with Gasteiger partial charge in [-0.25, -0.2) is 0 Å². The van der Waals surface area contributed by atoms with Crippen molar-refractivity contribution in [2.75, 3.05) is 13.1 Å². The summed E-state index contributed by atoms with van der Waals surface area (Å²) in [5, 5.41) is 8.52. The summed E-state index contributed by atoms with van der Waals surface area (Å²) < 4.78 is 0. The van der Waals surface area contributed by atoms with E-state index in [9.17, 15) is 4.79 Å². The van der Waals surface area contributed by atoms with Gasteiger partial charge in [-0.1, -0.05) is 0 Å². The van der Waals surface area contributed by atoms with Crippen LogP contribution in [0.25, 0.3) is 0 Å². The highest BCUT2D eigenvalue weighted by Gasteiger charge is 2.14. The van der Waals surface area contributed by atoms with Crippen molar-refractivity contribution in [3.63, 3.8) is 0 Å². The lowest BCUT2D eigenvalue weighted by Gasteiger charge is -2.07. The minimum absolute atomic E-state index is 0.352. The summed E-state index contributed by atoms with van der Waals surface area (Å²) in [5.41, 5.74) is 10.4. The van der Waals surface area contributed by atoms with Gasteiger partial charge in [0.1, 0.15) is 0 Å². The van der Waals surface area contributed by atoms with E-state index in [1.807, 2.05) is 0 Å². The molecule has 0 rings (SSSR count). The Bertz CT molecular complexity index is 99.9. The van der Waals surface area contributed by atoms with E-state index in [-0.39, 0.29) is 5.92 Å². The van der Waals surface area contributed by atoms with E-state index in [1.165, 1.54) is 0 Å². The normalized spacial score (nSPS) is 10.3. The van der Waals surface area contributed by atoms with Gasteiger partial charge in [0.05, 0.1) is 5.92 Å². The Balaban J connectivity index is 3.61. The second-order valence-electron chi connectivity index (χ2n) is 2.19. The number of carbonyl (C=O) groups is 1. The molecular formula is C6H14N2O2. The molecule has 0 radical (unpaired) electrons. The molecular weight excluding hydrogens is 132 g/mol. The van der Waals surface area contributed by atoms with Gasteiger partial charge in [-0.15, -0.1) is 0 Å². The molecule has 60 valence electrons. The van der Waals surface area contributed by atoms with Crippen LogP contribution >= 0.6 is 0 Å². The molecule has 0 unspecified atom stereocenters. The van der Waals surface area contributed by atoms with Crippen molar-refractivity contribution < 1.29 is 9.90 Å². The van der Waals surface area contributed by atoms with Gasteiger partial charge in [0.15, 0.2) is 0 Å². The zero-order valence-corrected chi connectivity index (χ0v) is 5.92. The van der Waals surface area contributed by atoms with Gasteiger partial charge >= 0.3 is 5.97 Å². The number of nitrogens with two attached hydrogens (primary N) is 2. The molecule has 0 heterocycles. The average molecular weight is 146 g/mol. The van der Waals surface area contributed by atoms with Gasteiger partial charge in [0, 0.05) is 0 Å². The predicted octanol–water partition coefficient (Wildman–Crippen LogP) is -0.615. The zero-order valence-electron chi connectivity index (χ0n) is 5.92. The molecule has 0 atom stereocenters. The lowest BCUT2D eigenvalue weighted by Crippen LogP contribution is -2.20. The topological polar surface area (TPSA) is 89.3 Å². The number of aliphatic carboxylic acids is 1. The molecule has 0 aromatic carbocycles. The van der Waals surface area contributed by atoms with Gasteiger partial charge in [-0.2, -0.15) is 0 Å². The van der Waals surface area contributed by atoms with Gasteiger partial charge in [0.25, 0.3) is 0 Å². The molecule has 0 bridgehead atoms. The molecule has 4 heteroatoms. The van der Waals surface area contributed by atoms with Crippen molar-refractivity contribution in [3.05, 3.63) is 0 Å². The molecule has 0 aliphatic heterocycles. The molecule has 0 spiro atoms. The molecule has 0 aromatic heterocycles. The first-order chi connectivity index (χ1) is 4.72. The fourth-order valence-corrected chi connectivity index (χ4v) is 0.794. The van der Waals surface area contributed by atoms with Crippen LogP contribution < -0.4 is 11.5 Å². The Kier molecular flexibility index (Phi) is 4.88. The lowest BCUT2D eigenvalue weighted by molar-refractivity contribution is -0.142. The number of carboxylic acid groups (broad SMARTS) is 1. The maximum atomic E-state index is 10.4. The third kappa shape index (κ3) is 3.42. The summed E-state index contributed by atoms with van der Waals surface area (Å²) in [6, 6.07) is 0. The Morgan fingerprint density at radius 2 is 1.70 bits per heavy atom. The molecule has 0 aromatic rings. The van der Waals surface area contributed by atoms with Crippen molar-refractivity contribution in [2.24, 2.45) is 17.4 Å². The first-order valence-electron chi connectivity index (χ1n) is 3.35. The molecule has 0 amide bonds. The highest BCUT2D eigenvalue weighted by atomic mass is 16.4. The molecule has 0 saturated carbocycles. The summed E-state index contributed by atoms with van der Waals surface area (Å²) in [5.74, 6) is -1.15. The number of rotatable bonds is 5. The van der Waals surface area contributed by atoms with E-state index in [4.69, 9.17) is 16.6 Å². The van der Waals surface area contributed by atoms with Crippen molar-refractivity contribution in [2.45, 2.75) is 12.8 Å². The SMILES string of the molecule is NCCC(CCN)C(=O)O. The van der Waals surface area contributed by atoms with Crippen LogP contribution in [0.4, 0.5) is 0 Å². The van der Waals surface area contributed by atoms with E-state index in [1.54, 1.807) is 0 Å². The van der Waals surface area contributed by atoms with Crippen molar-refractivity contribution >= 4 is 5.97 Å². The predicted molar refractivity (Wildman–Crippen MR) is 38.5 cm³/mol. The lowest BCUT2D eigenvalue weighted by atomic mass is 10.0. The molecule has 4 nitrogen and oxygen atoms in total. The van der Waals surface area contributed by atoms with E-state index >= 15 is 0 Å². The van der Waals surface area contributed by atoms with E-state index in [0.29, 0.717) is 25.9 Å². The minimum atomic E-state index is -0.795. The summed E-state index contributed by atoms with van der Waals surface area (Å²) in [4.78, 5) is 10.4. The maximum Gasteiger partial charge on any atom is 0.306 e. The highest BCUT2D eigenvalue weighted by molar-refractivity contribution is 5.69. The van der Waals surface area contributed by atoms with Crippen molar-refractivity contribution in [1.29, 1.82) is 0 Å². The van der Waals surface area contributed by atoms with Gasteiger partial charge in [-0.05, 0) is 25.9 Å². The summed E-state index contributed by atoms with van der Waals surface area (Å²) in [6.45, 7) is 0.827. The van der Waals surface area contributed by atoms with Crippen LogP contribution in [0, 0.1) is 5.92 Å². The van der Waals surface area contributed by atoms with Crippen LogP contribution in [-0.2, 0) is 4.79 Å². The van der Waals surface area contributed by atoms with Gasteiger partial charge in [-0.3, -0.25) is 4.79 Å². The molecule has 5 N–H and O–H groups in total. The Hall–Kier alpha value is -0.610. The smallest absolute Gasteiger partial charge is 0.306 e. The second-order valence-corrected chi connectivity index (χ2v) is 2.19.